The summed E-state index contributed by atoms with van der Waals surface area (Å²) >= 11 is 0. The maximum atomic E-state index is 12.6. The molecule has 1 heterocycles. The first-order chi connectivity index (χ1) is 9.65. The molecule has 5 nitrogen and oxygen atoms in total. The normalized spacial score (nSPS) is 12.2. The maximum Gasteiger partial charge on any atom is 0.339 e. The SMILES string of the molecule is CC(C)c1nc(COCC(F)(F)C(F)F)ncc1C(=O)O. The third kappa shape index (κ3) is 4.62. The highest BCUT2D eigenvalue weighted by atomic mass is 19.3. The molecule has 0 radical (unpaired) electrons. The second-order valence-corrected chi connectivity index (χ2v) is 4.60. The molecular weight excluding hydrogens is 296 g/mol. The number of aromatic nitrogens is 2. The number of rotatable bonds is 7. The minimum Gasteiger partial charge on any atom is -0.478 e. The Hall–Kier alpha value is -1.77. The van der Waals surface area contributed by atoms with Crippen molar-refractivity contribution in [3.63, 3.8) is 0 Å². The van der Waals surface area contributed by atoms with Gasteiger partial charge in [0.25, 0.3) is 0 Å². The number of hydrogen-bond acceptors (Lipinski definition) is 4. The van der Waals surface area contributed by atoms with Gasteiger partial charge in [-0.05, 0) is 5.92 Å². The second kappa shape index (κ2) is 6.79. The molecule has 0 amide bonds. The van der Waals surface area contributed by atoms with Crippen LogP contribution in [0, 0.1) is 0 Å². The minimum atomic E-state index is -4.25. The Kier molecular flexibility index (Phi) is 5.59. The highest BCUT2D eigenvalue weighted by Crippen LogP contribution is 2.23. The van der Waals surface area contributed by atoms with Gasteiger partial charge in [0.05, 0.1) is 11.3 Å². The van der Waals surface area contributed by atoms with Gasteiger partial charge in [-0.3, -0.25) is 0 Å². The smallest absolute Gasteiger partial charge is 0.339 e. The topological polar surface area (TPSA) is 72.3 Å². The molecule has 1 aromatic rings. The van der Waals surface area contributed by atoms with Crippen molar-refractivity contribution in [2.45, 2.75) is 38.7 Å². The lowest BCUT2D eigenvalue weighted by Gasteiger charge is -2.15. The molecule has 1 rings (SSSR count). The van der Waals surface area contributed by atoms with E-state index < -0.39 is 31.5 Å². The van der Waals surface area contributed by atoms with Crippen LogP contribution in [0.15, 0.2) is 6.20 Å². The van der Waals surface area contributed by atoms with Gasteiger partial charge in [-0.25, -0.2) is 23.5 Å². The van der Waals surface area contributed by atoms with Crippen LogP contribution in [0.5, 0.6) is 0 Å². The summed E-state index contributed by atoms with van der Waals surface area (Å²) in [6, 6.07) is 0. The number of nitrogens with zero attached hydrogens (tertiary/aromatic N) is 2. The molecule has 21 heavy (non-hydrogen) atoms. The van der Waals surface area contributed by atoms with E-state index in [0.29, 0.717) is 0 Å². The van der Waals surface area contributed by atoms with Crippen LogP contribution >= 0.6 is 0 Å². The highest BCUT2D eigenvalue weighted by Gasteiger charge is 2.41. The molecule has 0 aliphatic heterocycles. The zero-order chi connectivity index (χ0) is 16.2. The Morgan fingerprint density at radius 2 is 2.05 bits per heavy atom. The number of carboxylic acids is 1. The van der Waals surface area contributed by atoms with Gasteiger partial charge in [-0.2, -0.15) is 8.78 Å². The minimum absolute atomic E-state index is 0.0474. The van der Waals surface area contributed by atoms with Gasteiger partial charge >= 0.3 is 18.3 Å². The van der Waals surface area contributed by atoms with Crippen LogP contribution in [-0.2, 0) is 11.3 Å². The van der Waals surface area contributed by atoms with Crippen molar-refractivity contribution >= 4 is 5.97 Å². The van der Waals surface area contributed by atoms with Crippen LogP contribution in [0.1, 0.15) is 41.6 Å². The largest absolute Gasteiger partial charge is 0.478 e. The summed E-state index contributed by atoms with van der Waals surface area (Å²) in [5.41, 5.74) is 0.114. The van der Waals surface area contributed by atoms with Gasteiger partial charge in [0.1, 0.15) is 13.2 Å². The highest BCUT2D eigenvalue weighted by molar-refractivity contribution is 5.88. The predicted octanol–water partition coefficient (Wildman–Crippen LogP) is 2.72. The monoisotopic (exact) mass is 310 g/mol. The van der Waals surface area contributed by atoms with E-state index in [1.54, 1.807) is 13.8 Å². The molecule has 0 saturated heterocycles. The average molecular weight is 310 g/mol. The Morgan fingerprint density at radius 3 is 2.52 bits per heavy atom. The van der Waals surface area contributed by atoms with Crippen molar-refractivity contribution in [2.24, 2.45) is 0 Å². The van der Waals surface area contributed by atoms with E-state index in [1.807, 2.05) is 0 Å². The molecule has 1 N–H and O–H groups in total. The van der Waals surface area contributed by atoms with Crippen molar-refractivity contribution in [1.29, 1.82) is 0 Å². The summed E-state index contributed by atoms with van der Waals surface area (Å²) in [5, 5.41) is 8.96. The van der Waals surface area contributed by atoms with E-state index in [4.69, 9.17) is 5.11 Å². The molecular formula is C12H14F4N2O3. The third-order valence-electron chi connectivity index (χ3n) is 2.49. The molecule has 0 saturated carbocycles. The Balaban J connectivity index is 2.78. The quantitative estimate of drug-likeness (QED) is 0.784. The molecule has 0 spiro atoms. The van der Waals surface area contributed by atoms with Crippen LogP contribution < -0.4 is 0 Å². The fourth-order valence-corrected chi connectivity index (χ4v) is 1.45. The molecule has 1 aromatic heterocycles. The van der Waals surface area contributed by atoms with E-state index >= 15 is 0 Å². The van der Waals surface area contributed by atoms with Crippen molar-refractivity contribution < 1.29 is 32.2 Å². The second-order valence-electron chi connectivity index (χ2n) is 4.60. The molecule has 0 fully saturated rings. The standard InChI is InChI=1S/C12H14F4N2O3/c1-6(2)9-7(10(19)20)3-17-8(18-9)4-21-5-12(15,16)11(13)14/h3,6,11H,4-5H2,1-2H3,(H,19,20). The molecule has 0 atom stereocenters. The van der Waals surface area contributed by atoms with Crippen molar-refractivity contribution in [3.8, 4) is 0 Å². The first-order valence-electron chi connectivity index (χ1n) is 5.98. The molecule has 0 aliphatic rings. The van der Waals surface area contributed by atoms with E-state index in [2.05, 4.69) is 14.7 Å². The van der Waals surface area contributed by atoms with Gasteiger partial charge in [0.15, 0.2) is 5.82 Å². The van der Waals surface area contributed by atoms with Gasteiger partial charge in [-0.1, -0.05) is 13.8 Å². The van der Waals surface area contributed by atoms with Crippen LogP contribution in [-0.4, -0.2) is 40.0 Å². The summed E-state index contributed by atoms with van der Waals surface area (Å²) < 4.78 is 53.6. The zero-order valence-electron chi connectivity index (χ0n) is 11.3. The number of alkyl halides is 4. The van der Waals surface area contributed by atoms with Crippen LogP contribution in [0.25, 0.3) is 0 Å². The first kappa shape index (κ1) is 17.3. The summed E-state index contributed by atoms with van der Waals surface area (Å²) in [6.45, 7) is 1.42. The Bertz CT molecular complexity index is 509. The molecule has 0 bridgehead atoms. The number of aromatic carboxylic acids is 1. The van der Waals surface area contributed by atoms with E-state index in [9.17, 15) is 22.4 Å². The molecule has 0 aromatic carbocycles. The van der Waals surface area contributed by atoms with Gasteiger partial charge < -0.3 is 9.84 Å². The van der Waals surface area contributed by atoms with Gasteiger partial charge in [0.2, 0.25) is 0 Å². The Labute approximate surface area is 118 Å². The van der Waals surface area contributed by atoms with E-state index in [1.165, 1.54) is 0 Å². The third-order valence-corrected chi connectivity index (χ3v) is 2.49. The summed E-state index contributed by atoms with van der Waals surface area (Å²) in [6.07, 6.45) is -2.78. The molecule has 0 unspecified atom stereocenters. The summed E-state index contributed by atoms with van der Waals surface area (Å²) in [5.74, 6) is -5.74. The van der Waals surface area contributed by atoms with Crippen molar-refractivity contribution in [1.82, 2.24) is 9.97 Å². The first-order valence-corrected chi connectivity index (χ1v) is 5.98. The lowest BCUT2D eigenvalue weighted by molar-refractivity contribution is -0.168. The van der Waals surface area contributed by atoms with Crippen LogP contribution in [0.2, 0.25) is 0 Å². The van der Waals surface area contributed by atoms with Gasteiger partial charge in [0, 0.05) is 6.20 Å². The van der Waals surface area contributed by atoms with E-state index in [0.717, 1.165) is 6.20 Å². The van der Waals surface area contributed by atoms with Crippen molar-refractivity contribution in [2.75, 3.05) is 6.61 Å². The van der Waals surface area contributed by atoms with Crippen LogP contribution in [0.3, 0.4) is 0 Å². The molecule has 9 heteroatoms. The molecule has 0 aliphatic carbocycles. The number of carbonyl (C=O) groups is 1. The van der Waals surface area contributed by atoms with Crippen LogP contribution in [0.4, 0.5) is 17.6 Å². The lowest BCUT2D eigenvalue weighted by atomic mass is 10.1. The summed E-state index contributed by atoms with van der Waals surface area (Å²) in [7, 11) is 0. The average Bonchev–Trinajstić information content (AvgIpc) is 2.37. The summed E-state index contributed by atoms with van der Waals surface area (Å²) in [4.78, 5) is 18.5. The fourth-order valence-electron chi connectivity index (χ4n) is 1.45. The molecule has 118 valence electrons. The van der Waals surface area contributed by atoms with Crippen molar-refractivity contribution in [3.05, 3.63) is 23.3 Å². The Morgan fingerprint density at radius 1 is 1.43 bits per heavy atom. The predicted molar refractivity (Wildman–Crippen MR) is 63.7 cm³/mol. The number of halogens is 4. The number of carboxylic acid groups (broad SMARTS) is 1. The maximum absolute atomic E-state index is 12.6. The van der Waals surface area contributed by atoms with E-state index in [-0.39, 0.29) is 23.0 Å². The fraction of sp³-hybridized carbons (Fsp3) is 0.583. The zero-order valence-corrected chi connectivity index (χ0v) is 11.3. The van der Waals surface area contributed by atoms with Gasteiger partial charge in [-0.15, -0.1) is 0 Å². The lowest BCUT2D eigenvalue weighted by Crippen LogP contribution is -2.32. The number of hydrogen-bond donors (Lipinski definition) is 1. The number of ether oxygens (including phenoxy) is 1.